The van der Waals surface area contributed by atoms with Gasteiger partial charge in [-0.3, -0.25) is 9.36 Å². The van der Waals surface area contributed by atoms with E-state index in [9.17, 15) is 4.79 Å². The Kier molecular flexibility index (Phi) is 6.59. The van der Waals surface area contributed by atoms with Gasteiger partial charge >= 0.3 is 5.97 Å². The third-order valence-electron chi connectivity index (χ3n) is 3.97. The first-order valence-electron chi connectivity index (χ1n) is 8.73. The zero-order chi connectivity index (χ0) is 20.1. The number of methoxy groups -OCH3 is 1. The van der Waals surface area contributed by atoms with Crippen LogP contribution in [0, 0.1) is 0 Å². The fourth-order valence-electron chi connectivity index (χ4n) is 2.66. The fraction of sp³-hybridized carbons (Fsp3) is 0.250. The molecular weight excluding hydrogens is 398 g/mol. The number of carbonyl (C=O) groups is 1. The first-order chi connectivity index (χ1) is 13.6. The Hall–Kier alpha value is -2.51. The van der Waals surface area contributed by atoms with E-state index >= 15 is 0 Å². The van der Waals surface area contributed by atoms with Crippen LogP contribution in [0.4, 0.5) is 0 Å². The van der Waals surface area contributed by atoms with E-state index in [1.807, 2.05) is 47.0 Å². The molecule has 0 fully saturated rings. The highest BCUT2D eigenvalue weighted by Crippen LogP contribution is 2.36. The molecule has 1 atom stereocenters. The zero-order valence-electron chi connectivity index (χ0n) is 15.8. The van der Waals surface area contributed by atoms with E-state index < -0.39 is 5.25 Å². The summed E-state index contributed by atoms with van der Waals surface area (Å²) in [6, 6.07) is 15.0. The lowest BCUT2D eigenvalue weighted by Gasteiger charge is -2.15. The molecule has 1 heterocycles. The standard InChI is InChI=1S/C20H20ClN3O3S/c1-4-27-19(25)13(2)28-20-23-22-18(14-9-5-6-10-15(14)21)24(20)16-11-7-8-12-17(16)26-3/h5-13H,4H2,1-3H3/t13-/m1/s1. The lowest BCUT2D eigenvalue weighted by Crippen LogP contribution is -2.17. The van der Waals surface area contributed by atoms with E-state index in [-0.39, 0.29) is 5.97 Å². The molecule has 1 aromatic heterocycles. The molecule has 0 bridgehead atoms. The molecule has 3 rings (SSSR count). The summed E-state index contributed by atoms with van der Waals surface area (Å²) in [6.07, 6.45) is 0. The van der Waals surface area contributed by atoms with Crippen molar-refractivity contribution < 1.29 is 14.3 Å². The first-order valence-corrected chi connectivity index (χ1v) is 9.99. The maximum Gasteiger partial charge on any atom is 0.319 e. The van der Waals surface area contributed by atoms with E-state index in [0.29, 0.717) is 28.4 Å². The number of ether oxygens (including phenoxy) is 2. The number of halogens is 1. The van der Waals surface area contributed by atoms with Crippen molar-refractivity contribution in [2.75, 3.05) is 13.7 Å². The van der Waals surface area contributed by atoms with E-state index in [1.165, 1.54) is 11.8 Å². The van der Waals surface area contributed by atoms with Crippen LogP contribution in [0.15, 0.2) is 53.7 Å². The molecule has 0 saturated heterocycles. The number of nitrogens with zero attached hydrogens (tertiary/aromatic N) is 3. The molecule has 8 heteroatoms. The normalized spacial score (nSPS) is 11.9. The summed E-state index contributed by atoms with van der Waals surface area (Å²) in [5.74, 6) is 0.913. The molecule has 28 heavy (non-hydrogen) atoms. The van der Waals surface area contributed by atoms with E-state index in [0.717, 1.165) is 11.3 Å². The van der Waals surface area contributed by atoms with Crippen LogP contribution in [-0.4, -0.2) is 39.7 Å². The van der Waals surface area contributed by atoms with Gasteiger partial charge in [0.05, 0.1) is 24.4 Å². The molecule has 3 aromatic rings. The van der Waals surface area contributed by atoms with E-state index in [4.69, 9.17) is 21.1 Å². The molecular formula is C20H20ClN3O3S. The second-order valence-corrected chi connectivity index (χ2v) is 7.52. The van der Waals surface area contributed by atoms with Crippen LogP contribution in [0.5, 0.6) is 5.75 Å². The van der Waals surface area contributed by atoms with Crippen LogP contribution in [0.1, 0.15) is 13.8 Å². The first kappa shape index (κ1) is 20.2. The van der Waals surface area contributed by atoms with Gasteiger partial charge in [0.25, 0.3) is 0 Å². The summed E-state index contributed by atoms with van der Waals surface area (Å²) in [5, 5.41) is 9.33. The van der Waals surface area contributed by atoms with Crippen molar-refractivity contribution in [2.24, 2.45) is 0 Å². The number of para-hydroxylation sites is 2. The number of hydrogen-bond acceptors (Lipinski definition) is 6. The Morgan fingerprint density at radius 3 is 2.61 bits per heavy atom. The zero-order valence-corrected chi connectivity index (χ0v) is 17.3. The molecule has 0 aliphatic heterocycles. The molecule has 0 aliphatic rings. The van der Waals surface area contributed by atoms with E-state index in [1.54, 1.807) is 27.0 Å². The molecule has 6 nitrogen and oxygen atoms in total. The van der Waals surface area contributed by atoms with Crippen molar-refractivity contribution in [1.82, 2.24) is 14.8 Å². The van der Waals surface area contributed by atoms with Gasteiger partial charge < -0.3 is 9.47 Å². The second-order valence-electron chi connectivity index (χ2n) is 5.81. The number of thioether (sulfide) groups is 1. The summed E-state index contributed by atoms with van der Waals surface area (Å²) in [5.41, 5.74) is 1.49. The Balaban J connectivity index is 2.14. The van der Waals surface area contributed by atoms with Crippen LogP contribution >= 0.6 is 23.4 Å². The molecule has 0 unspecified atom stereocenters. The Bertz CT molecular complexity index is 977. The van der Waals surface area contributed by atoms with Crippen molar-refractivity contribution in [3.8, 4) is 22.8 Å². The third-order valence-corrected chi connectivity index (χ3v) is 5.33. The van der Waals surface area contributed by atoms with Gasteiger partial charge in [0, 0.05) is 5.56 Å². The highest BCUT2D eigenvalue weighted by Gasteiger charge is 2.24. The lowest BCUT2D eigenvalue weighted by atomic mass is 10.2. The third kappa shape index (κ3) is 4.15. The summed E-state index contributed by atoms with van der Waals surface area (Å²) in [4.78, 5) is 12.1. The Morgan fingerprint density at radius 1 is 1.18 bits per heavy atom. The van der Waals surface area contributed by atoms with Gasteiger partial charge in [-0.2, -0.15) is 0 Å². The van der Waals surface area contributed by atoms with Crippen LogP contribution in [-0.2, 0) is 9.53 Å². The fourth-order valence-corrected chi connectivity index (χ4v) is 3.74. The SMILES string of the molecule is CCOC(=O)[C@@H](C)Sc1nnc(-c2ccccc2Cl)n1-c1ccccc1OC. The molecule has 0 spiro atoms. The number of hydrogen-bond donors (Lipinski definition) is 0. The van der Waals surface area contributed by atoms with Crippen molar-refractivity contribution in [2.45, 2.75) is 24.3 Å². The largest absolute Gasteiger partial charge is 0.495 e. The second kappa shape index (κ2) is 9.12. The van der Waals surface area contributed by atoms with Gasteiger partial charge in [-0.1, -0.05) is 47.6 Å². The molecule has 0 radical (unpaired) electrons. The highest BCUT2D eigenvalue weighted by atomic mass is 35.5. The topological polar surface area (TPSA) is 66.2 Å². The molecule has 0 aliphatic carbocycles. The average molecular weight is 418 g/mol. The van der Waals surface area contributed by atoms with Crippen LogP contribution in [0.25, 0.3) is 17.1 Å². The maximum atomic E-state index is 12.1. The minimum Gasteiger partial charge on any atom is -0.495 e. The Labute approximate surface area is 172 Å². The summed E-state index contributed by atoms with van der Waals surface area (Å²) >= 11 is 7.68. The molecule has 0 N–H and O–H groups in total. The molecule has 146 valence electrons. The van der Waals surface area contributed by atoms with Crippen molar-refractivity contribution in [1.29, 1.82) is 0 Å². The van der Waals surface area contributed by atoms with Gasteiger partial charge in [-0.25, -0.2) is 0 Å². The summed E-state index contributed by atoms with van der Waals surface area (Å²) in [7, 11) is 1.60. The quantitative estimate of drug-likeness (QED) is 0.412. The van der Waals surface area contributed by atoms with Gasteiger partial charge in [0.1, 0.15) is 11.0 Å². The molecule has 0 saturated carbocycles. The Morgan fingerprint density at radius 2 is 1.89 bits per heavy atom. The van der Waals surface area contributed by atoms with Gasteiger partial charge in [0.15, 0.2) is 11.0 Å². The van der Waals surface area contributed by atoms with Crippen molar-refractivity contribution in [3.63, 3.8) is 0 Å². The van der Waals surface area contributed by atoms with Crippen LogP contribution in [0.2, 0.25) is 5.02 Å². The van der Waals surface area contributed by atoms with Crippen molar-refractivity contribution in [3.05, 3.63) is 53.6 Å². The monoisotopic (exact) mass is 417 g/mol. The molecule has 2 aromatic carbocycles. The highest BCUT2D eigenvalue weighted by molar-refractivity contribution is 8.00. The van der Waals surface area contributed by atoms with Gasteiger partial charge in [-0.05, 0) is 38.1 Å². The minimum atomic E-state index is -0.447. The average Bonchev–Trinajstić information content (AvgIpc) is 3.11. The van der Waals surface area contributed by atoms with E-state index in [2.05, 4.69) is 10.2 Å². The van der Waals surface area contributed by atoms with Crippen LogP contribution in [0.3, 0.4) is 0 Å². The van der Waals surface area contributed by atoms with Gasteiger partial charge in [-0.15, -0.1) is 10.2 Å². The number of carbonyl (C=O) groups excluding carboxylic acids is 1. The smallest absolute Gasteiger partial charge is 0.319 e. The number of aromatic nitrogens is 3. The molecule has 0 amide bonds. The predicted molar refractivity (Wildman–Crippen MR) is 110 cm³/mol. The summed E-state index contributed by atoms with van der Waals surface area (Å²) in [6.45, 7) is 3.88. The maximum absolute atomic E-state index is 12.1. The number of esters is 1. The summed E-state index contributed by atoms with van der Waals surface area (Å²) < 4.78 is 12.5. The number of benzene rings is 2. The lowest BCUT2D eigenvalue weighted by molar-refractivity contribution is -0.142. The number of rotatable bonds is 7. The van der Waals surface area contributed by atoms with Crippen molar-refractivity contribution >= 4 is 29.3 Å². The minimum absolute atomic E-state index is 0.304. The van der Waals surface area contributed by atoms with Gasteiger partial charge in [0.2, 0.25) is 0 Å². The predicted octanol–water partition coefficient (Wildman–Crippen LogP) is 4.64. The van der Waals surface area contributed by atoms with Crippen LogP contribution < -0.4 is 4.74 Å².